The molecular weight excluding hydrogens is 445 g/mol. The zero-order valence-corrected chi connectivity index (χ0v) is 19.3. The van der Waals surface area contributed by atoms with Crippen LogP contribution in [0.25, 0.3) is 5.57 Å². The van der Waals surface area contributed by atoms with Gasteiger partial charge >= 0.3 is 0 Å². The van der Waals surface area contributed by atoms with Crippen LogP contribution in [0.4, 0.5) is 10.2 Å². The van der Waals surface area contributed by atoms with Crippen molar-refractivity contribution in [2.75, 3.05) is 25.1 Å². The Hall–Kier alpha value is -2.74. The fourth-order valence-electron chi connectivity index (χ4n) is 3.68. The van der Waals surface area contributed by atoms with E-state index in [0.29, 0.717) is 17.2 Å². The Labute approximate surface area is 198 Å². The smallest absolute Gasteiger partial charge is 0.245 e. The number of nitrogens with one attached hydrogen (secondary N) is 2. The van der Waals surface area contributed by atoms with Gasteiger partial charge in [-0.1, -0.05) is 29.8 Å². The number of aliphatic hydroxyl groups is 1. The molecule has 3 N–H and O–H groups in total. The quantitative estimate of drug-likeness (QED) is 0.364. The lowest BCUT2D eigenvalue weighted by atomic mass is 10.0. The SMILES string of the molecule is C/C=C\C(=C/C(=O)N[C@H](CCO)c1ccc(Cl)c(F)c1)c1ccnc(NC2CCOCC2)c1. The van der Waals surface area contributed by atoms with Crippen LogP contribution in [0.1, 0.15) is 43.4 Å². The van der Waals surface area contributed by atoms with Crippen molar-refractivity contribution >= 4 is 28.9 Å². The van der Waals surface area contributed by atoms with Gasteiger partial charge < -0.3 is 20.5 Å². The van der Waals surface area contributed by atoms with Gasteiger partial charge in [0, 0.05) is 38.1 Å². The van der Waals surface area contributed by atoms with Gasteiger partial charge in [-0.2, -0.15) is 0 Å². The molecule has 3 rings (SSSR count). The number of rotatable bonds is 9. The number of amides is 1. The number of pyridine rings is 1. The van der Waals surface area contributed by atoms with Crippen LogP contribution in [0.3, 0.4) is 0 Å². The van der Waals surface area contributed by atoms with Crippen LogP contribution in [0, 0.1) is 5.82 Å². The second-order valence-corrected chi connectivity index (χ2v) is 8.21. The van der Waals surface area contributed by atoms with Gasteiger partial charge in [0.1, 0.15) is 11.6 Å². The number of ether oxygens (including phenoxy) is 1. The molecule has 1 fully saturated rings. The van der Waals surface area contributed by atoms with E-state index in [1.165, 1.54) is 18.2 Å². The number of nitrogens with zero attached hydrogens (tertiary/aromatic N) is 1. The molecular formula is C25H29ClFN3O3. The Morgan fingerprint density at radius 1 is 1.33 bits per heavy atom. The van der Waals surface area contributed by atoms with Gasteiger partial charge in [0.25, 0.3) is 0 Å². The molecule has 0 unspecified atom stereocenters. The minimum atomic E-state index is -0.571. The van der Waals surface area contributed by atoms with Crippen LogP contribution in [0.5, 0.6) is 0 Å². The van der Waals surface area contributed by atoms with Gasteiger partial charge in [0.2, 0.25) is 5.91 Å². The lowest BCUT2D eigenvalue weighted by molar-refractivity contribution is -0.117. The van der Waals surface area contributed by atoms with E-state index in [1.807, 2.05) is 31.2 Å². The van der Waals surface area contributed by atoms with Crippen LogP contribution in [-0.4, -0.2) is 41.9 Å². The number of hydrogen-bond acceptors (Lipinski definition) is 5. The third-order valence-corrected chi connectivity index (χ3v) is 5.69. The van der Waals surface area contributed by atoms with E-state index in [-0.39, 0.29) is 24.0 Å². The first-order valence-electron chi connectivity index (χ1n) is 11.0. The molecule has 0 radical (unpaired) electrons. The first-order chi connectivity index (χ1) is 16.0. The molecule has 1 aromatic heterocycles. The van der Waals surface area contributed by atoms with Crippen LogP contribution >= 0.6 is 11.6 Å². The molecule has 1 aliphatic rings. The van der Waals surface area contributed by atoms with Crippen molar-refractivity contribution in [1.29, 1.82) is 0 Å². The first-order valence-corrected chi connectivity index (χ1v) is 11.4. The second kappa shape index (κ2) is 12.5. The molecule has 33 heavy (non-hydrogen) atoms. The number of aliphatic hydroxyl groups excluding tert-OH is 1. The van der Waals surface area contributed by atoms with Crippen LogP contribution < -0.4 is 10.6 Å². The topological polar surface area (TPSA) is 83.5 Å². The molecule has 176 valence electrons. The summed E-state index contributed by atoms with van der Waals surface area (Å²) in [5.41, 5.74) is 2.08. The zero-order valence-electron chi connectivity index (χ0n) is 18.6. The number of carbonyl (C=O) groups is 1. The predicted molar refractivity (Wildman–Crippen MR) is 128 cm³/mol. The van der Waals surface area contributed by atoms with Gasteiger partial charge in [0.05, 0.1) is 11.1 Å². The van der Waals surface area contributed by atoms with Gasteiger partial charge in [0.15, 0.2) is 0 Å². The second-order valence-electron chi connectivity index (χ2n) is 7.81. The summed E-state index contributed by atoms with van der Waals surface area (Å²) in [6.07, 6.45) is 8.98. The van der Waals surface area contributed by atoms with Gasteiger partial charge in [-0.3, -0.25) is 4.79 Å². The van der Waals surface area contributed by atoms with Crippen LogP contribution in [0.2, 0.25) is 5.02 Å². The molecule has 0 saturated carbocycles. The lowest BCUT2D eigenvalue weighted by Gasteiger charge is -2.23. The molecule has 1 atom stereocenters. The van der Waals surface area contributed by atoms with Gasteiger partial charge in [-0.25, -0.2) is 9.37 Å². The Morgan fingerprint density at radius 2 is 2.12 bits per heavy atom. The van der Waals surface area contributed by atoms with Crippen molar-refractivity contribution in [3.63, 3.8) is 0 Å². The van der Waals surface area contributed by atoms with E-state index in [9.17, 15) is 14.3 Å². The third-order valence-electron chi connectivity index (χ3n) is 5.38. The van der Waals surface area contributed by atoms with Crippen molar-refractivity contribution in [3.05, 3.63) is 76.7 Å². The van der Waals surface area contributed by atoms with Gasteiger partial charge in [-0.05, 0) is 67.2 Å². The molecule has 2 heterocycles. The Kier molecular flexibility index (Phi) is 9.42. The van der Waals surface area contributed by atoms with E-state index in [1.54, 1.807) is 12.3 Å². The molecule has 8 heteroatoms. The summed E-state index contributed by atoms with van der Waals surface area (Å²) in [5, 5.41) is 15.7. The maximum Gasteiger partial charge on any atom is 0.245 e. The van der Waals surface area contributed by atoms with E-state index in [4.69, 9.17) is 16.3 Å². The maximum absolute atomic E-state index is 13.9. The zero-order chi connectivity index (χ0) is 23.6. The highest BCUT2D eigenvalue weighted by atomic mass is 35.5. The average molecular weight is 474 g/mol. The number of benzene rings is 1. The highest BCUT2D eigenvalue weighted by Crippen LogP contribution is 2.24. The Morgan fingerprint density at radius 3 is 2.82 bits per heavy atom. The first kappa shape index (κ1) is 24.9. The summed E-state index contributed by atoms with van der Waals surface area (Å²) in [4.78, 5) is 17.3. The van der Waals surface area contributed by atoms with Crippen molar-refractivity contribution in [2.24, 2.45) is 0 Å². The maximum atomic E-state index is 13.9. The third kappa shape index (κ3) is 7.39. The van der Waals surface area contributed by atoms with Crippen molar-refractivity contribution in [3.8, 4) is 0 Å². The molecule has 1 aliphatic heterocycles. The minimum Gasteiger partial charge on any atom is -0.396 e. The average Bonchev–Trinajstić information content (AvgIpc) is 2.81. The molecule has 1 saturated heterocycles. The number of carbonyl (C=O) groups excluding carboxylic acids is 1. The number of anilines is 1. The Bertz CT molecular complexity index is 1010. The summed E-state index contributed by atoms with van der Waals surface area (Å²) in [7, 11) is 0. The van der Waals surface area contributed by atoms with Crippen molar-refractivity contribution in [2.45, 2.75) is 38.3 Å². The number of hydrogen-bond donors (Lipinski definition) is 3. The summed E-state index contributed by atoms with van der Waals surface area (Å²) in [6, 6.07) is 7.85. The van der Waals surface area contributed by atoms with Crippen molar-refractivity contribution < 1.29 is 19.0 Å². The summed E-state index contributed by atoms with van der Waals surface area (Å²) in [6.45, 7) is 3.17. The van der Waals surface area contributed by atoms with Crippen LogP contribution in [-0.2, 0) is 9.53 Å². The van der Waals surface area contributed by atoms with E-state index < -0.39 is 11.9 Å². The Balaban J connectivity index is 1.78. The molecule has 1 aromatic carbocycles. The molecule has 1 amide bonds. The highest BCUT2D eigenvalue weighted by molar-refractivity contribution is 6.30. The highest BCUT2D eigenvalue weighted by Gasteiger charge is 2.17. The fourth-order valence-corrected chi connectivity index (χ4v) is 3.80. The van der Waals surface area contributed by atoms with E-state index in [2.05, 4.69) is 15.6 Å². The van der Waals surface area contributed by atoms with E-state index in [0.717, 1.165) is 37.4 Å². The summed E-state index contributed by atoms with van der Waals surface area (Å²) in [5.74, 6) is -0.185. The number of aromatic nitrogens is 1. The normalized spacial score (nSPS) is 16.1. The summed E-state index contributed by atoms with van der Waals surface area (Å²) < 4.78 is 19.3. The number of halogens is 2. The number of allylic oxidation sites excluding steroid dienone is 3. The standard InChI is InChI=1S/C25H29ClFN3O3/c1-2-3-17(18-6-10-28-24(15-18)29-20-8-12-33-13-9-20)16-25(32)30-23(7-11-31)19-4-5-21(26)22(27)14-19/h2-6,10,14-16,20,23,31H,7-9,11-13H2,1H3,(H,28,29)(H,30,32)/b3-2-,17-16+/t23-/m1/s1. The minimum absolute atomic E-state index is 0.00550. The molecule has 0 aliphatic carbocycles. The van der Waals surface area contributed by atoms with Crippen LogP contribution in [0.15, 0.2) is 54.8 Å². The summed E-state index contributed by atoms with van der Waals surface area (Å²) >= 11 is 5.77. The largest absolute Gasteiger partial charge is 0.396 e. The lowest BCUT2D eigenvalue weighted by Crippen LogP contribution is -2.28. The van der Waals surface area contributed by atoms with Gasteiger partial charge in [-0.15, -0.1) is 0 Å². The van der Waals surface area contributed by atoms with Crippen molar-refractivity contribution in [1.82, 2.24) is 10.3 Å². The molecule has 0 spiro atoms. The fraction of sp³-hybridized carbons (Fsp3) is 0.360. The van der Waals surface area contributed by atoms with E-state index >= 15 is 0 Å². The monoisotopic (exact) mass is 473 g/mol. The molecule has 2 aromatic rings. The molecule has 0 bridgehead atoms. The predicted octanol–water partition coefficient (Wildman–Crippen LogP) is 4.66. The molecule has 6 nitrogen and oxygen atoms in total.